The van der Waals surface area contributed by atoms with Gasteiger partial charge in [0.1, 0.15) is 0 Å². The predicted octanol–water partition coefficient (Wildman–Crippen LogP) is 2.91. The third-order valence-electron chi connectivity index (χ3n) is 4.42. The molecule has 0 bridgehead atoms. The van der Waals surface area contributed by atoms with Gasteiger partial charge in [0.2, 0.25) is 5.91 Å². The van der Waals surface area contributed by atoms with Gasteiger partial charge in [0, 0.05) is 25.0 Å². The smallest absolute Gasteiger partial charge is 0.226 e. The van der Waals surface area contributed by atoms with Gasteiger partial charge >= 0.3 is 0 Å². The molecule has 1 amide bonds. The Morgan fingerprint density at radius 1 is 1.30 bits per heavy atom. The second kappa shape index (κ2) is 6.15. The standard InChI is InChI=1S/C16H22N2O.ClH/c1-2-5-16(6-7-16)15(19)18-9-12-3-4-13-10-17-11-14(13)8-12;/h3-4,8,17H,2,5-7,9-11H2,1H3,(H,18,19);1H. The van der Waals surface area contributed by atoms with Gasteiger partial charge in [0.25, 0.3) is 0 Å². The molecule has 0 aromatic heterocycles. The molecule has 20 heavy (non-hydrogen) atoms. The maximum Gasteiger partial charge on any atom is 0.226 e. The highest BCUT2D eigenvalue weighted by molar-refractivity contribution is 5.85. The van der Waals surface area contributed by atoms with Gasteiger partial charge in [0.15, 0.2) is 0 Å². The topological polar surface area (TPSA) is 41.1 Å². The van der Waals surface area contributed by atoms with Crippen molar-refractivity contribution < 1.29 is 4.79 Å². The van der Waals surface area contributed by atoms with Crippen molar-refractivity contribution in [3.63, 3.8) is 0 Å². The van der Waals surface area contributed by atoms with Crippen molar-refractivity contribution in [2.45, 2.75) is 52.2 Å². The minimum atomic E-state index is -0.0208. The molecule has 0 unspecified atom stereocenters. The van der Waals surface area contributed by atoms with Crippen LogP contribution in [0.1, 0.15) is 49.3 Å². The first kappa shape index (κ1) is 15.3. The molecule has 110 valence electrons. The van der Waals surface area contributed by atoms with Crippen LogP contribution >= 0.6 is 12.4 Å². The second-order valence-electron chi connectivity index (χ2n) is 5.92. The molecule has 1 aliphatic heterocycles. The van der Waals surface area contributed by atoms with Crippen LogP contribution in [0.3, 0.4) is 0 Å². The number of carbonyl (C=O) groups is 1. The van der Waals surface area contributed by atoms with Crippen LogP contribution in [-0.4, -0.2) is 5.91 Å². The average Bonchev–Trinajstić information content (AvgIpc) is 3.05. The number of amides is 1. The molecular weight excluding hydrogens is 272 g/mol. The zero-order valence-corrected chi connectivity index (χ0v) is 12.8. The molecule has 0 radical (unpaired) electrons. The number of rotatable bonds is 5. The number of carbonyl (C=O) groups excluding carboxylic acids is 1. The highest BCUT2D eigenvalue weighted by atomic mass is 35.5. The van der Waals surface area contributed by atoms with Gasteiger partial charge in [0.05, 0.1) is 0 Å². The Bertz CT molecular complexity index is 497. The highest BCUT2D eigenvalue weighted by Crippen LogP contribution is 2.49. The van der Waals surface area contributed by atoms with Crippen molar-refractivity contribution >= 4 is 18.3 Å². The summed E-state index contributed by atoms with van der Waals surface area (Å²) in [5.74, 6) is 0.257. The molecule has 1 heterocycles. The van der Waals surface area contributed by atoms with E-state index in [1.54, 1.807) is 0 Å². The van der Waals surface area contributed by atoms with Crippen LogP contribution in [-0.2, 0) is 24.4 Å². The molecule has 1 aliphatic carbocycles. The zero-order valence-electron chi connectivity index (χ0n) is 12.0. The minimum Gasteiger partial charge on any atom is -0.352 e. The number of hydrogen-bond acceptors (Lipinski definition) is 2. The van der Waals surface area contributed by atoms with Gasteiger partial charge in [-0.05, 0) is 36.0 Å². The molecule has 0 saturated heterocycles. The highest BCUT2D eigenvalue weighted by Gasteiger charge is 2.48. The van der Waals surface area contributed by atoms with Gasteiger partial charge in [-0.2, -0.15) is 0 Å². The summed E-state index contributed by atoms with van der Waals surface area (Å²) >= 11 is 0. The van der Waals surface area contributed by atoms with Crippen molar-refractivity contribution in [1.82, 2.24) is 10.6 Å². The Balaban J connectivity index is 0.00000147. The predicted molar refractivity (Wildman–Crippen MR) is 82.7 cm³/mol. The molecule has 2 aliphatic rings. The van der Waals surface area contributed by atoms with Crippen molar-refractivity contribution in [3.8, 4) is 0 Å². The fourth-order valence-corrected chi connectivity index (χ4v) is 3.05. The first-order valence-electron chi connectivity index (χ1n) is 7.33. The summed E-state index contributed by atoms with van der Waals surface area (Å²) in [6, 6.07) is 6.52. The minimum absolute atomic E-state index is 0. The van der Waals surface area contributed by atoms with E-state index in [1.807, 2.05) is 0 Å². The summed E-state index contributed by atoms with van der Waals surface area (Å²) in [5, 5.41) is 6.46. The Kier molecular flexibility index (Phi) is 4.71. The van der Waals surface area contributed by atoms with E-state index in [0.717, 1.165) is 38.8 Å². The van der Waals surface area contributed by atoms with Gasteiger partial charge in [-0.3, -0.25) is 4.79 Å². The Morgan fingerprint density at radius 3 is 2.75 bits per heavy atom. The summed E-state index contributed by atoms with van der Waals surface area (Å²) in [4.78, 5) is 12.2. The fraction of sp³-hybridized carbons (Fsp3) is 0.562. The van der Waals surface area contributed by atoms with Crippen LogP contribution in [0.5, 0.6) is 0 Å². The van der Waals surface area contributed by atoms with Crippen LogP contribution in [0.15, 0.2) is 18.2 Å². The Labute approximate surface area is 126 Å². The van der Waals surface area contributed by atoms with E-state index in [2.05, 4.69) is 35.8 Å². The number of hydrogen-bond donors (Lipinski definition) is 2. The molecular formula is C16H23ClN2O. The molecule has 0 atom stereocenters. The fourth-order valence-electron chi connectivity index (χ4n) is 3.05. The summed E-state index contributed by atoms with van der Waals surface area (Å²) in [6.45, 7) is 4.75. The lowest BCUT2D eigenvalue weighted by molar-refractivity contribution is -0.126. The lowest BCUT2D eigenvalue weighted by Crippen LogP contribution is -2.31. The number of halogens is 1. The van der Waals surface area contributed by atoms with Crippen LogP contribution in [0.2, 0.25) is 0 Å². The van der Waals surface area contributed by atoms with E-state index in [0.29, 0.717) is 6.54 Å². The van der Waals surface area contributed by atoms with Crippen molar-refractivity contribution in [3.05, 3.63) is 34.9 Å². The van der Waals surface area contributed by atoms with Crippen molar-refractivity contribution in [2.24, 2.45) is 5.41 Å². The molecule has 1 aromatic carbocycles. The largest absolute Gasteiger partial charge is 0.352 e. The maximum absolute atomic E-state index is 12.2. The van der Waals surface area contributed by atoms with E-state index >= 15 is 0 Å². The van der Waals surface area contributed by atoms with E-state index in [4.69, 9.17) is 0 Å². The van der Waals surface area contributed by atoms with Gasteiger partial charge in [-0.25, -0.2) is 0 Å². The van der Waals surface area contributed by atoms with Crippen LogP contribution in [0, 0.1) is 5.41 Å². The monoisotopic (exact) mass is 294 g/mol. The van der Waals surface area contributed by atoms with Crippen molar-refractivity contribution in [1.29, 1.82) is 0 Å². The average molecular weight is 295 g/mol. The Hall–Kier alpha value is -1.06. The summed E-state index contributed by atoms with van der Waals surface area (Å²) in [6.07, 6.45) is 4.27. The number of fused-ring (bicyclic) bond motifs is 1. The third-order valence-corrected chi connectivity index (χ3v) is 4.42. The molecule has 4 heteroatoms. The summed E-state index contributed by atoms with van der Waals surface area (Å²) in [5.41, 5.74) is 3.96. The quantitative estimate of drug-likeness (QED) is 0.877. The number of nitrogens with one attached hydrogen (secondary N) is 2. The lowest BCUT2D eigenvalue weighted by atomic mass is 9.99. The first-order chi connectivity index (χ1) is 9.23. The number of benzene rings is 1. The SMILES string of the molecule is CCCC1(C(=O)NCc2ccc3c(c2)CNC3)CC1.Cl. The van der Waals surface area contributed by atoms with Crippen LogP contribution in [0.4, 0.5) is 0 Å². The maximum atomic E-state index is 12.2. The van der Waals surface area contributed by atoms with Crippen LogP contribution < -0.4 is 10.6 Å². The molecule has 1 fully saturated rings. The van der Waals surface area contributed by atoms with Gasteiger partial charge in [-0.15, -0.1) is 12.4 Å². The lowest BCUT2D eigenvalue weighted by Gasteiger charge is -2.14. The van der Waals surface area contributed by atoms with E-state index < -0.39 is 0 Å². The summed E-state index contributed by atoms with van der Waals surface area (Å²) < 4.78 is 0. The third kappa shape index (κ3) is 2.99. The molecule has 2 N–H and O–H groups in total. The molecule has 0 spiro atoms. The van der Waals surface area contributed by atoms with E-state index in [-0.39, 0.29) is 23.7 Å². The summed E-state index contributed by atoms with van der Waals surface area (Å²) in [7, 11) is 0. The Morgan fingerprint density at radius 2 is 2.05 bits per heavy atom. The molecule has 3 rings (SSSR count). The first-order valence-corrected chi connectivity index (χ1v) is 7.33. The van der Waals surface area contributed by atoms with Crippen LogP contribution in [0.25, 0.3) is 0 Å². The zero-order chi connectivity index (χ0) is 13.3. The van der Waals surface area contributed by atoms with Gasteiger partial charge < -0.3 is 10.6 Å². The van der Waals surface area contributed by atoms with Crippen molar-refractivity contribution in [2.75, 3.05) is 0 Å². The second-order valence-corrected chi connectivity index (χ2v) is 5.92. The normalized spacial score (nSPS) is 18.1. The molecule has 3 nitrogen and oxygen atoms in total. The molecule has 1 saturated carbocycles. The molecule has 1 aromatic rings. The van der Waals surface area contributed by atoms with Gasteiger partial charge in [-0.1, -0.05) is 31.5 Å². The van der Waals surface area contributed by atoms with E-state index in [1.165, 1.54) is 16.7 Å². The van der Waals surface area contributed by atoms with E-state index in [9.17, 15) is 4.79 Å².